The summed E-state index contributed by atoms with van der Waals surface area (Å²) in [6, 6.07) is 12.5. The number of nitrogens with two attached hydrogens (primary N) is 1. The number of esters is 1. The second-order valence-corrected chi connectivity index (χ2v) is 7.39. The molecular weight excluding hydrogens is 457 g/mol. The topological polar surface area (TPSA) is 112 Å². The largest absolute Gasteiger partial charge is 0.464 e. The summed E-state index contributed by atoms with van der Waals surface area (Å²) >= 11 is 12.4. The fourth-order valence-electron chi connectivity index (χ4n) is 2.63. The highest BCUT2D eigenvalue weighted by Gasteiger charge is 2.12. The maximum atomic E-state index is 12.2. The van der Waals surface area contributed by atoms with Crippen molar-refractivity contribution < 1.29 is 23.8 Å². The fraction of sp³-hybridized carbons (Fsp3) is 0.364. The molecular formula is C22H27Cl2N3O5. The average molecular weight is 484 g/mol. The molecule has 8 nitrogen and oxygen atoms in total. The van der Waals surface area contributed by atoms with Crippen molar-refractivity contribution in [2.45, 2.75) is 6.42 Å². The van der Waals surface area contributed by atoms with E-state index in [1.165, 1.54) is 0 Å². The van der Waals surface area contributed by atoms with Crippen LogP contribution in [0.25, 0.3) is 0 Å². The van der Waals surface area contributed by atoms with Crippen molar-refractivity contribution in [2.24, 2.45) is 5.73 Å². The van der Waals surface area contributed by atoms with Gasteiger partial charge in [-0.25, -0.2) is 0 Å². The van der Waals surface area contributed by atoms with Crippen molar-refractivity contribution in [2.75, 3.05) is 51.4 Å². The Balaban J connectivity index is 1.72. The minimum absolute atomic E-state index is 0.0467. The van der Waals surface area contributed by atoms with Crippen LogP contribution in [0, 0.1) is 0 Å². The zero-order chi connectivity index (χ0) is 23.2. The maximum Gasteiger partial charge on any atom is 0.310 e. The zero-order valence-corrected chi connectivity index (χ0v) is 19.1. The molecule has 0 atom stereocenters. The third-order valence-electron chi connectivity index (χ3n) is 4.13. The van der Waals surface area contributed by atoms with Crippen LogP contribution < -0.4 is 16.4 Å². The lowest BCUT2D eigenvalue weighted by Gasteiger charge is -2.14. The van der Waals surface area contributed by atoms with Gasteiger partial charge in [-0.3, -0.25) is 9.59 Å². The molecule has 0 aliphatic carbocycles. The number of anilines is 2. The van der Waals surface area contributed by atoms with E-state index in [0.717, 1.165) is 5.56 Å². The third-order valence-corrected chi connectivity index (χ3v) is 4.76. The van der Waals surface area contributed by atoms with Gasteiger partial charge in [0.1, 0.15) is 13.2 Å². The lowest BCUT2D eigenvalue weighted by molar-refractivity contribution is -0.143. The molecule has 0 saturated carbocycles. The smallest absolute Gasteiger partial charge is 0.310 e. The predicted octanol–water partition coefficient (Wildman–Crippen LogP) is 2.93. The number of ether oxygens (including phenoxy) is 3. The molecule has 0 saturated heterocycles. The van der Waals surface area contributed by atoms with Crippen molar-refractivity contribution in [3.05, 3.63) is 58.1 Å². The van der Waals surface area contributed by atoms with Gasteiger partial charge in [-0.2, -0.15) is 0 Å². The van der Waals surface area contributed by atoms with Gasteiger partial charge in [-0.05, 0) is 23.8 Å². The van der Waals surface area contributed by atoms with Crippen molar-refractivity contribution in [1.29, 1.82) is 0 Å². The lowest BCUT2D eigenvalue weighted by Crippen LogP contribution is -2.31. The van der Waals surface area contributed by atoms with Gasteiger partial charge in [0.25, 0.3) is 0 Å². The van der Waals surface area contributed by atoms with E-state index in [4.69, 9.17) is 43.1 Å². The van der Waals surface area contributed by atoms with Crippen molar-refractivity contribution in [3.63, 3.8) is 0 Å². The van der Waals surface area contributed by atoms with Gasteiger partial charge in [0, 0.05) is 12.2 Å². The molecule has 0 aliphatic heterocycles. The Hall–Kier alpha value is -2.36. The molecule has 0 radical (unpaired) electrons. The highest BCUT2D eigenvalue weighted by Crippen LogP contribution is 2.33. The van der Waals surface area contributed by atoms with Crippen LogP contribution in [-0.2, 0) is 30.2 Å². The normalized spacial score (nSPS) is 10.6. The molecule has 0 heterocycles. The van der Waals surface area contributed by atoms with Crippen molar-refractivity contribution in [1.82, 2.24) is 5.32 Å². The number of rotatable bonds is 14. The molecule has 174 valence electrons. The minimum Gasteiger partial charge on any atom is -0.464 e. The molecule has 0 fully saturated rings. The number of nitrogens with one attached hydrogen (secondary N) is 2. The SMILES string of the molecule is NCCOCCOCC(=O)NCCOC(=O)Cc1ccccc1Nc1c(Cl)cccc1Cl. The predicted molar refractivity (Wildman–Crippen MR) is 125 cm³/mol. The zero-order valence-electron chi connectivity index (χ0n) is 17.6. The molecule has 0 bridgehead atoms. The molecule has 0 spiro atoms. The number of halogens is 2. The Morgan fingerprint density at radius 3 is 2.38 bits per heavy atom. The summed E-state index contributed by atoms with van der Waals surface area (Å²) in [5.74, 6) is -0.724. The standard InChI is InChI=1S/C22H27Cl2N3O5/c23-17-5-3-6-18(24)22(17)27-19-7-2-1-4-16(19)14-21(29)32-11-9-26-20(28)15-31-13-12-30-10-8-25/h1-7,27H,8-15,25H2,(H,26,28). The number of hydrogen-bond acceptors (Lipinski definition) is 7. The Morgan fingerprint density at radius 1 is 0.906 bits per heavy atom. The van der Waals surface area contributed by atoms with Gasteiger partial charge in [-0.15, -0.1) is 0 Å². The molecule has 1 amide bonds. The van der Waals surface area contributed by atoms with Gasteiger partial charge >= 0.3 is 5.97 Å². The molecule has 10 heteroatoms. The summed E-state index contributed by atoms with van der Waals surface area (Å²) in [5, 5.41) is 6.73. The summed E-state index contributed by atoms with van der Waals surface area (Å²) in [6.45, 7) is 1.72. The van der Waals surface area contributed by atoms with Crippen LogP contribution in [-0.4, -0.2) is 58.0 Å². The van der Waals surface area contributed by atoms with Gasteiger partial charge in [0.05, 0.1) is 48.5 Å². The molecule has 0 aromatic heterocycles. The molecule has 4 N–H and O–H groups in total. The first kappa shape index (κ1) is 25.9. The molecule has 2 rings (SSSR count). The Kier molecular flexibility index (Phi) is 11.9. The van der Waals surface area contributed by atoms with Crippen molar-refractivity contribution in [3.8, 4) is 0 Å². The van der Waals surface area contributed by atoms with E-state index in [1.54, 1.807) is 18.2 Å². The number of carbonyl (C=O) groups excluding carboxylic acids is 2. The number of benzene rings is 2. The number of carbonyl (C=O) groups is 2. The molecule has 32 heavy (non-hydrogen) atoms. The maximum absolute atomic E-state index is 12.2. The Bertz CT molecular complexity index is 862. The summed E-state index contributed by atoms with van der Waals surface area (Å²) in [7, 11) is 0. The van der Waals surface area contributed by atoms with E-state index < -0.39 is 5.97 Å². The van der Waals surface area contributed by atoms with Gasteiger partial charge in [0.15, 0.2) is 0 Å². The molecule has 2 aromatic carbocycles. The minimum atomic E-state index is -0.424. The summed E-state index contributed by atoms with van der Waals surface area (Å²) < 4.78 is 15.5. The van der Waals surface area contributed by atoms with E-state index in [-0.39, 0.29) is 32.1 Å². The third kappa shape index (κ3) is 9.42. The number of hydrogen-bond donors (Lipinski definition) is 3. The Labute approximate surface area is 197 Å². The number of para-hydroxylation sites is 2. The van der Waals surface area contributed by atoms with Crippen LogP contribution in [0.5, 0.6) is 0 Å². The van der Waals surface area contributed by atoms with Gasteiger partial charge in [-0.1, -0.05) is 47.5 Å². The van der Waals surface area contributed by atoms with E-state index in [2.05, 4.69) is 10.6 Å². The summed E-state index contributed by atoms with van der Waals surface area (Å²) in [5.41, 5.74) is 7.28. The first-order chi connectivity index (χ1) is 15.5. The van der Waals surface area contributed by atoms with Crippen LogP contribution in [0.15, 0.2) is 42.5 Å². The van der Waals surface area contributed by atoms with Crippen LogP contribution in [0.1, 0.15) is 5.56 Å². The van der Waals surface area contributed by atoms with Crippen LogP contribution in [0.2, 0.25) is 10.0 Å². The first-order valence-corrected chi connectivity index (χ1v) is 10.8. The van der Waals surface area contributed by atoms with E-state index in [0.29, 0.717) is 47.8 Å². The van der Waals surface area contributed by atoms with Crippen LogP contribution in [0.4, 0.5) is 11.4 Å². The van der Waals surface area contributed by atoms with Gasteiger partial charge in [0.2, 0.25) is 5.91 Å². The highest BCUT2D eigenvalue weighted by molar-refractivity contribution is 6.39. The average Bonchev–Trinajstić information content (AvgIpc) is 2.77. The Morgan fingerprint density at radius 2 is 1.62 bits per heavy atom. The first-order valence-electron chi connectivity index (χ1n) is 10.1. The molecule has 0 aliphatic rings. The van der Waals surface area contributed by atoms with E-state index in [1.807, 2.05) is 24.3 Å². The van der Waals surface area contributed by atoms with Crippen LogP contribution in [0.3, 0.4) is 0 Å². The van der Waals surface area contributed by atoms with Gasteiger partial charge < -0.3 is 30.6 Å². The highest BCUT2D eigenvalue weighted by atomic mass is 35.5. The van der Waals surface area contributed by atoms with E-state index in [9.17, 15) is 9.59 Å². The second kappa shape index (κ2) is 14.7. The monoisotopic (exact) mass is 483 g/mol. The lowest BCUT2D eigenvalue weighted by atomic mass is 10.1. The van der Waals surface area contributed by atoms with Crippen molar-refractivity contribution >= 4 is 46.5 Å². The summed E-state index contributed by atoms with van der Waals surface area (Å²) in [6.07, 6.45) is 0.0467. The molecule has 2 aromatic rings. The number of amides is 1. The van der Waals surface area contributed by atoms with Crippen LogP contribution >= 0.6 is 23.2 Å². The fourth-order valence-corrected chi connectivity index (χ4v) is 3.12. The molecule has 0 unspecified atom stereocenters. The quantitative estimate of drug-likeness (QED) is 0.279. The van der Waals surface area contributed by atoms with E-state index >= 15 is 0 Å². The summed E-state index contributed by atoms with van der Waals surface area (Å²) in [4.78, 5) is 23.9. The second-order valence-electron chi connectivity index (χ2n) is 6.58.